The number of benzene rings is 2. The van der Waals surface area contributed by atoms with Gasteiger partial charge in [0.15, 0.2) is 0 Å². The van der Waals surface area contributed by atoms with Gasteiger partial charge in [-0.25, -0.2) is 0 Å². The lowest BCUT2D eigenvalue weighted by molar-refractivity contribution is -0.0102. The average Bonchev–Trinajstić information content (AvgIpc) is 3.29. The van der Waals surface area contributed by atoms with E-state index in [1.807, 2.05) is 48.7 Å². The molecule has 2 aromatic carbocycles. The lowest BCUT2D eigenvalue weighted by Gasteiger charge is -2.35. The Balaban J connectivity index is 1.47. The van der Waals surface area contributed by atoms with Crippen molar-refractivity contribution in [1.82, 2.24) is 19.7 Å². The van der Waals surface area contributed by atoms with Crippen molar-refractivity contribution < 1.29 is 9.47 Å². The molecule has 0 N–H and O–H groups in total. The molecule has 1 saturated heterocycles. The number of morpholine rings is 1. The van der Waals surface area contributed by atoms with Crippen LogP contribution in [0, 0.1) is 13.8 Å². The number of rotatable bonds is 4. The van der Waals surface area contributed by atoms with Gasteiger partial charge in [0.05, 0.1) is 30.0 Å². The van der Waals surface area contributed by atoms with Crippen molar-refractivity contribution in [3.05, 3.63) is 69.2 Å². The molecule has 2 unspecified atom stereocenters. The van der Waals surface area contributed by atoms with E-state index in [9.17, 15) is 0 Å². The third kappa shape index (κ3) is 3.94. The van der Waals surface area contributed by atoms with Gasteiger partial charge >= 0.3 is 0 Å². The van der Waals surface area contributed by atoms with Gasteiger partial charge in [0.1, 0.15) is 23.5 Å². The highest BCUT2D eigenvalue weighted by Crippen LogP contribution is 2.41. The highest BCUT2D eigenvalue weighted by Gasteiger charge is 2.39. The normalized spacial score (nSPS) is 21.3. The van der Waals surface area contributed by atoms with Gasteiger partial charge in [0, 0.05) is 18.1 Å². The minimum atomic E-state index is -0.145. The number of nitrogens with zero attached hydrogens (tertiary/aromatic N) is 4. The Morgan fingerprint density at radius 3 is 2.45 bits per heavy atom. The molecule has 0 amide bonds. The van der Waals surface area contributed by atoms with E-state index in [4.69, 9.17) is 32.7 Å². The first kappa shape index (κ1) is 20.8. The summed E-state index contributed by atoms with van der Waals surface area (Å²) in [6.07, 6.45) is 0.778. The van der Waals surface area contributed by atoms with Gasteiger partial charge in [-0.3, -0.25) is 9.47 Å². The lowest BCUT2D eigenvalue weighted by atomic mass is 10.1. The fourth-order valence-corrected chi connectivity index (χ4v) is 5.03. The van der Waals surface area contributed by atoms with Gasteiger partial charge < -0.3 is 9.47 Å². The lowest BCUT2D eigenvalue weighted by Crippen LogP contribution is -2.46. The molecule has 2 aliphatic rings. The monoisotopic (exact) mass is 458 g/mol. The first-order valence-electron chi connectivity index (χ1n) is 10.5. The Labute approximate surface area is 191 Å². The topological polar surface area (TPSA) is 52.4 Å². The maximum absolute atomic E-state index is 6.68. The smallest absolute Gasteiger partial charge is 0.140 e. The van der Waals surface area contributed by atoms with Crippen LogP contribution in [0.15, 0.2) is 36.4 Å². The van der Waals surface area contributed by atoms with Crippen LogP contribution in [0.1, 0.15) is 28.9 Å². The number of aryl methyl sites for hydroxylation is 2. The van der Waals surface area contributed by atoms with E-state index in [1.165, 1.54) is 5.56 Å². The highest BCUT2D eigenvalue weighted by atomic mass is 35.5. The number of aromatic nitrogens is 3. The van der Waals surface area contributed by atoms with Gasteiger partial charge in [-0.2, -0.15) is 0 Å². The Morgan fingerprint density at radius 1 is 1.00 bits per heavy atom. The van der Waals surface area contributed by atoms with E-state index in [0.29, 0.717) is 10.8 Å². The maximum Gasteiger partial charge on any atom is 0.140 e. The van der Waals surface area contributed by atoms with Gasteiger partial charge in [0.2, 0.25) is 0 Å². The second-order valence-corrected chi connectivity index (χ2v) is 8.89. The molecule has 1 aromatic heterocycles. The van der Waals surface area contributed by atoms with Gasteiger partial charge in [-0.05, 0) is 61.7 Å². The summed E-state index contributed by atoms with van der Waals surface area (Å²) < 4.78 is 14.1. The first-order valence-corrected chi connectivity index (χ1v) is 11.2. The molecular weight excluding hydrogens is 435 g/mol. The molecule has 162 valence electrons. The number of ether oxygens (including phenoxy) is 2. The Morgan fingerprint density at radius 2 is 1.74 bits per heavy atom. The van der Waals surface area contributed by atoms with Gasteiger partial charge in [0.25, 0.3) is 0 Å². The molecule has 0 saturated carbocycles. The summed E-state index contributed by atoms with van der Waals surface area (Å²) in [4.78, 5) is 2.45. The molecule has 2 atom stereocenters. The maximum atomic E-state index is 6.68. The summed E-state index contributed by atoms with van der Waals surface area (Å²) in [6, 6.07) is 12.1. The van der Waals surface area contributed by atoms with Gasteiger partial charge in [-0.15, -0.1) is 10.2 Å². The number of hydrogen-bond donors (Lipinski definition) is 0. The minimum Gasteiger partial charge on any atom is -0.482 e. The van der Waals surface area contributed by atoms with Crippen molar-refractivity contribution in [2.24, 2.45) is 0 Å². The van der Waals surface area contributed by atoms with E-state index in [0.717, 1.165) is 60.6 Å². The average molecular weight is 459 g/mol. The third-order valence-corrected chi connectivity index (χ3v) is 6.65. The SMILES string of the molecule is Cc1nnc(C)n1-c1ccc(OC2c3cc(Cl)ccc3CC2N2CCOCC2)c(Cl)c1. The van der Waals surface area contributed by atoms with E-state index < -0.39 is 0 Å². The number of hydrogen-bond acceptors (Lipinski definition) is 5. The van der Waals surface area contributed by atoms with E-state index in [1.54, 1.807) is 0 Å². The highest BCUT2D eigenvalue weighted by molar-refractivity contribution is 6.32. The summed E-state index contributed by atoms with van der Waals surface area (Å²) >= 11 is 13.0. The molecule has 1 fully saturated rings. The van der Waals surface area contributed by atoms with Crippen LogP contribution in [0.2, 0.25) is 10.0 Å². The molecule has 1 aliphatic carbocycles. The van der Waals surface area contributed by atoms with E-state index in [2.05, 4.69) is 21.2 Å². The number of halogens is 2. The zero-order valence-corrected chi connectivity index (χ0v) is 19.0. The molecule has 0 spiro atoms. The fraction of sp³-hybridized carbons (Fsp3) is 0.391. The molecule has 2 heterocycles. The van der Waals surface area contributed by atoms with Crippen LogP contribution in [-0.4, -0.2) is 52.0 Å². The molecule has 0 bridgehead atoms. The van der Waals surface area contributed by atoms with Crippen molar-refractivity contribution in [2.75, 3.05) is 26.3 Å². The molecule has 5 rings (SSSR count). The standard InChI is InChI=1S/C23H24Cl2N4O2/c1-14-26-27-15(2)29(14)18-5-6-22(20(25)13-18)31-23-19-12-17(24)4-3-16(19)11-21(23)28-7-9-30-10-8-28/h3-6,12-13,21,23H,7-11H2,1-2H3. The van der Waals surface area contributed by atoms with E-state index >= 15 is 0 Å². The molecule has 3 aromatic rings. The van der Waals surface area contributed by atoms with Crippen molar-refractivity contribution in [3.63, 3.8) is 0 Å². The van der Waals surface area contributed by atoms with Crippen molar-refractivity contribution in [2.45, 2.75) is 32.4 Å². The Kier molecular flexibility index (Phi) is 5.65. The number of fused-ring (bicyclic) bond motifs is 1. The fourth-order valence-electron chi connectivity index (χ4n) is 4.63. The summed E-state index contributed by atoms with van der Waals surface area (Å²) in [5.41, 5.74) is 3.32. The summed E-state index contributed by atoms with van der Waals surface area (Å²) in [5.74, 6) is 2.29. The van der Waals surface area contributed by atoms with E-state index in [-0.39, 0.29) is 12.1 Å². The van der Waals surface area contributed by atoms with Crippen molar-refractivity contribution in [1.29, 1.82) is 0 Å². The van der Waals surface area contributed by atoms with Crippen LogP contribution in [-0.2, 0) is 11.2 Å². The summed E-state index contributed by atoms with van der Waals surface area (Å²) in [6.45, 7) is 7.12. The van der Waals surface area contributed by atoms with Crippen molar-refractivity contribution in [3.8, 4) is 11.4 Å². The molecule has 0 radical (unpaired) electrons. The Hall–Kier alpha value is -2.12. The van der Waals surface area contributed by atoms with Gasteiger partial charge in [-0.1, -0.05) is 29.3 Å². The van der Waals surface area contributed by atoms with Crippen LogP contribution in [0.25, 0.3) is 5.69 Å². The quantitative estimate of drug-likeness (QED) is 0.572. The third-order valence-electron chi connectivity index (χ3n) is 6.12. The minimum absolute atomic E-state index is 0.145. The second-order valence-electron chi connectivity index (χ2n) is 8.05. The molecule has 1 aliphatic heterocycles. The van der Waals surface area contributed by atoms with Crippen LogP contribution in [0.5, 0.6) is 5.75 Å². The zero-order chi connectivity index (χ0) is 21.5. The zero-order valence-electron chi connectivity index (χ0n) is 17.5. The van der Waals surface area contributed by atoms with Crippen LogP contribution in [0.4, 0.5) is 0 Å². The molecular formula is C23H24Cl2N4O2. The second kappa shape index (κ2) is 8.43. The van der Waals surface area contributed by atoms with Crippen LogP contribution >= 0.6 is 23.2 Å². The molecule has 6 nitrogen and oxygen atoms in total. The predicted octanol–water partition coefficient (Wildman–Crippen LogP) is 4.57. The Bertz CT molecular complexity index is 1090. The van der Waals surface area contributed by atoms with Crippen LogP contribution < -0.4 is 4.74 Å². The van der Waals surface area contributed by atoms with Crippen LogP contribution in [0.3, 0.4) is 0 Å². The molecule has 31 heavy (non-hydrogen) atoms. The largest absolute Gasteiger partial charge is 0.482 e. The summed E-state index contributed by atoms with van der Waals surface area (Å²) in [5, 5.41) is 9.54. The summed E-state index contributed by atoms with van der Waals surface area (Å²) in [7, 11) is 0. The predicted molar refractivity (Wildman–Crippen MR) is 121 cm³/mol. The molecule has 8 heteroatoms. The first-order chi connectivity index (χ1) is 15.0. The van der Waals surface area contributed by atoms with Crippen molar-refractivity contribution >= 4 is 23.2 Å².